The van der Waals surface area contributed by atoms with Gasteiger partial charge in [-0.3, -0.25) is 0 Å². The number of nitrogens with one attached hydrogen (secondary N) is 2. The predicted octanol–water partition coefficient (Wildman–Crippen LogP) is 2.93. The largest absolute Gasteiger partial charge is 0.494 e. The molecule has 0 amide bonds. The van der Waals surface area contributed by atoms with Crippen molar-refractivity contribution >= 4 is 17.2 Å². The molecule has 0 radical (unpaired) electrons. The average Bonchev–Trinajstić information content (AvgIpc) is 2.55. The number of amidine groups is 1. The summed E-state index contributed by atoms with van der Waals surface area (Å²) in [6.45, 7) is 4.69. The first-order chi connectivity index (χ1) is 11.1. The summed E-state index contributed by atoms with van der Waals surface area (Å²) in [7, 11) is 1.87. The van der Waals surface area contributed by atoms with Gasteiger partial charge in [0.1, 0.15) is 11.6 Å². The van der Waals surface area contributed by atoms with Crippen LogP contribution in [0.2, 0.25) is 0 Å². The van der Waals surface area contributed by atoms with Crippen LogP contribution in [0.4, 0.5) is 11.4 Å². The number of nitrogen functional groups attached to an aromatic ring is 1. The lowest BCUT2D eigenvalue weighted by Gasteiger charge is -2.34. The molecule has 1 aliphatic rings. The van der Waals surface area contributed by atoms with Gasteiger partial charge in [0.15, 0.2) is 5.66 Å². The molecule has 2 aromatic carbocycles. The molecular weight excluding hydrogens is 288 g/mol. The van der Waals surface area contributed by atoms with Gasteiger partial charge in [-0.25, -0.2) is 4.99 Å². The van der Waals surface area contributed by atoms with Crippen molar-refractivity contribution in [3.8, 4) is 5.75 Å². The smallest absolute Gasteiger partial charge is 0.155 e. The van der Waals surface area contributed by atoms with E-state index in [1.54, 1.807) is 0 Å². The lowest BCUT2D eigenvalue weighted by Crippen LogP contribution is -2.38. The van der Waals surface area contributed by atoms with Crippen LogP contribution in [-0.4, -0.2) is 19.5 Å². The number of ether oxygens (including phenoxy) is 1. The Kier molecular flexibility index (Phi) is 3.86. The summed E-state index contributed by atoms with van der Waals surface area (Å²) < 4.78 is 5.51. The van der Waals surface area contributed by atoms with E-state index < -0.39 is 5.66 Å². The summed E-state index contributed by atoms with van der Waals surface area (Å²) in [5.41, 5.74) is 9.13. The molecule has 0 saturated carbocycles. The van der Waals surface area contributed by atoms with Crippen LogP contribution >= 0.6 is 0 Å². The van der Waals surface area contributed by atoms with Gasteiger partial charge < -0.3 is 21.1 Å². The van der Waals surface area contributed by atoms with Crippen molar-refractivity contribution in [3.63, 3.8) is 0 Å². The fourth-order valence-electron chi connectivity index (χ4n) is 2.81. The number of nitrogens with two attached hydrogens (primary N) is 1. The predicted molar refractivity (Wildman–Crippen MR) is 95.0 cm³/mol. The molecule has 0 aliphatic carbocycles. The summed E-state index contributed by atoms with van der Waals surface area (Å²) >= 11 is 0. The maximum absolute atomic E-state index is 5.90. The molecule has 5 heteroatoms. The van der Waals surface area contributed by atoms with Crippen molar-refractivity contribution in [1.29, 1.82) is 0 Å². The van der Waals surface area contributed by atoms with Crippen LogP contribution in [0.1, 0.15) is 25.0 Å². The zero-order valence-corrected chi connectivity index (χ0v) is 13.7. The van der Waals surface area contributed by atoms with Gasteiger partial charge in [0.25, 0.3) is 0 Å². The van der Waals surface area contributed by atoms with Crippen LogP contribution in [0.15, 0.2) is 47.5 Å². The minimum atomic E-state index is -0.549. The number of rotatable bonds is 3. The first-order valence-electron chi connectivity index (χ1n) is 7.75. The van der Waals surface area contributed by atoms with Crippen LogP contribution in [0.25, 0.3) is 0 Å². The summed E-state index contributed by atoms with van der Waals surface area (Å²) in [6, 6.07) is 13.8. The third-order valence-corrected chi connectivity index (χ3v) is 3.98. The molecular formula is C18H22N4O. The average molecular weight is 310 g/mol. The van der Waals surface area contributed by atoms with Crippen molar-refractivity contribution in [2.75, 3.05) is 24.7 Å². The van der Waals surface area contributed by atoms with E-state index in [9.17, 15) is 0 Å². The third-order valence-electron chi connectivity index (χ3n) is 3.98. The molecule has 23 heavy (non-hydrogen) atoms. The van der Waals surface area contributed by atoms with E-state index in [1.807, 2.05) is 56.4 Å². The van der Waals surface area contributed by atoms with Crippen molar-refractivity contribution in [2.45, 2.75) is 19.5 Å². The second kappa shape index (κ2) is 5.83. The minimum Gasteiger partial charge on any atom is -0.494 e. The first-order valence-corrected chi connectivity index (χ1v) is 7.75. The van der Waals surface area contributed by atoms with Gasteiger partial charge in [-0.15, -0.1) is 0 Å². The second-order valence-electron chi connectivity index (χ2n) is 5.67. The van der Waals surface area contributed by atoms with Crippen LogP contribution in [0.5, 0.6) is 5.75 Å². The Morgan fingerprint density at radius 3 is 2.61 bits per heavy atom. The van der Waals surface area contributed by atoms with Crippen LogP contribution in [0.3, 0.4) is 0 Å². The monoisotopic (exact) mass is 310 g/mol. The SMILES string of the molecule is CCOc1ccc(C2(C)N=C(NC)c3cc(N)ccc3N2)cc1. The molecule has 2 aromatic rings. The van der Waals surface area contributed by atoms with E-state index >= 15 is 0 Å². The molecule has 1 atom stereocenters. The lowest BCUT2D eigenvalue weighted by atomic mass is 9.97. The highest BCUT2D eigenvalue weighted by Gasteiger charge is 2.31. The molecule has 4 N–H and O–H groups in total. The van der Waals surface area contributed by atoms with Gasteiger partial charge in [-0.05, 0) is 49.7 Å². The van der Waals surface area contributed by atoms with Crippen molar-refractivity contribution in [2.24, 2.45) is 4.99 Å². The highest BCUT2D eigenvalue weighted by Crippen LogP contribution is 2.35. The molecule has 0 fully saturated rings. The van der Waals surface area contributed by atoms with Crippen LogP contribution in [0, 0.1) is 0 Å². The Morgan fingerprint density at radius 1 is 1.22 bits per heavy atom. The lowest BCUT2D eigenvalue weighted by molar-refractivity contribution is 0.340. The second-order valence-corrected chi connectivity index (χ2v) is 5.67. The fourth-order valence-corrected chi connectivity index (χ4v) is 2.81. The van der Waals surface area contributed by atoms with Crippen molar-refractivity contribution < 1.29 is 4.74 Å². The molecule has 0 bridgehead atoms. The Labute approximate surface area is 136 Å². The van der Waals surface area contributed by atoms with E-state index in [1.165, 1.54) is 0 Å². The number of fused-ring (bicyclic) bond motifs is 1. The first kappa shape index (κ1) is 15.2. The Bertz CT molecular complexity index is 739. The van der Waals surface area contributed by atoms with Gasteiger partial charge in [0, 0.05) is 24.0 Å². The van der Waals surface area contributed by atoms with Gasteiger partial charge >= 0.3 is 0 Å². The molecule has 3 rings (SSSR count). The normalized spacial score (nSPS) is 19.3. The number of aliphatic imine (C=N–C) groups is 1. The maximum Gasteiger partial charge on any atom is 0.155 e. The summed E-state index contributed by atoms with van der Waals surface area (Å²) in [4.78, 5) is 4.86. The molecule has 5 nitrogen and oxygen atoms in total. The van der Waals surface area contributed by atoms with E-state index in [2.05, 4.69) is 17.6 Å². The molecule has 1 aliphatic heterocycles. The Balaban J connectivity index is 2.01. The van der Waals surface area contributed by atoms with E-state index in [0.717, 1.165) is 34.1 Å². The molecule has 0 spiro atoms. The number of nitrogens with zero attached hydrogens (tertiary/aromatic N) is 1. The van der Waals surface area contributed by atoms with Gasteiger partial charge in [0.2, 0.25) is 0 Å². The van der Waals surface area contributed by atoms with Crippen molar-refractivity contribution in [3.05, 3.63) is 53.6 Å². The van der Waals surface area contributed by atoms with Crippen LogP contribution < -0.4 is 21.1 Å². The molecule has 0 aromatic heterocycles. The topological polar surface area (TPSA) is 71.7 Å². The van der Waals surface area contributed by atoms with Gasteiger partial charge in [-0.1, -0.05) is 12.1 Å². The van der Waals surface area contributed by atoms with Gasteiger partial charge in [-0.2, -0.15) is 0 Å². The number of hydrogen-bond donors (Lipinski definition) is 3. The van der Waals surface area contributed by atoms with Crippen LogP contribution in [-0.2, 0) is 5.66 Å². The zero-order valence-electron chi connectivity index (χ0n) is 13.7. The Hall–Kier alpha value is -2.69. The quantitative estimate of drug-likeness (QED) is 0.762. The number of hydrogen-bond acceptors (Lipinski definition) is 5. The molecule has 120 valence electrons. The summed E-state index contributed by atoms with van der Waals surface area (Å²) in [5.74, 6) is 1.68. The molecule has 1 heterocycles. The fraction of sp³-hybridized carbons (Fsp3) is 0.278. The highest BCUT2D eigenvalue weighted by molar-refractivity contribution is 6.05. The Morgan fingerprint density at radius 2 is 1.96 bits per heavy atom. The van der Waals surface area contributed by atoms with E-state index in [4.69, 9.17) is 15.5 Å². The summed E-state index contributed by atoms with van der Waals surface area (Å²) in [5, 5.41) is 6.68. The number of benzene rings is 2. The maximum atomic E-state index is 5.90. The number of anilines is 2. The minimum absolute atomic E-state index is 0.549. The molecule has 0 saturated heterocycles. The molecule has 1 unspecified atom stereocenters. The summed E-state index contributed by atoms with van der Waals surface area (Å²) in [6.07, 6.45) is 0. The van der Waals surface area contributed by atoms with E-state index in [-0.39, 0.29) is 0 Å². The van der Waals surface area contributed by atoms with Crippen molar-refractivity contribution in [1.82, 2.24) is 5.32 Å². The van der Waals surface area contributed by atoms with E-state index in [0.29, 0.717) is 6.61 Å². The zero-order chi connectivity index (χ0) is 16.4. The third kappa shape index (κ3) is 2.82. The highest BCUT2D eigenvalue weighted by atomic mass is 16.5. The van der Waals surface area contributed by atoms with Gasteiger partial charge in [0.05, 0.1) is 6.61 Å². The standard InChI is InChI=1S/C18H22N4O/c1-4-23-14-8-5-12(6-9-14)18(2)21-16-10-7-13(19)11-15(16)17(20-3)22-18/h5-11,21H,4,19H2,1-3H3,(H,20,22).